The van der Waals surface area contributed by atoms with E-state index in [2.05, 4.69) is 26.5 Å². The molecule has 1 saturated heterocycles. The maximum Gasteiger partial charge on any atom is 0.410 e. The first kappa shape index (κ1) is 26.3. The van der Waals surface area contributed by atoms with Gasteiger partial charge in [0.15, 0.2) is 5.82 Å². The lowest BCUT2D eigenvalue weighted by atomic mass is 10.1. The molecule has 39 heavy (non-hydrogen) atoms. The number of ether oxygens (including phenoxy) is 2. The van der Waals surface area contributed by atoms with Crippen molar-refractivity contribution < 1.29 is 14.3 Å². The summed E-state index contributed by atoms with van der Waals surface area (Å²) in [6.07, 6.45) is 6.37. The predicted octanol–water partition coefficient (Wildman–Crippen LogP) is 5.47. The summed E-state index contributed by atoms with van der Waals surface area (Å²) in [5.41, 5.74) is 1.46. The van der Waals surface area contributed by atoms with Gasteiger partial charge in [-0.2, -0.15) is 10.2 Å². The molecule has 1 aliphatic rings. The first-order valence-electron chi connectivity index (χ1n) is 12.6. The SMILES string of the molecule is COc1nn(C2CCN(C(=O)OC(C)(C)C)CC2)cc1Nc1ncc(Cl)c(-n2ccc3c(C#N)cccc32)n1. The molecule has 3 aromatic heterocycles. The molecule has 1 aromatic carbocycles. The van der Waals surface area contributed by atoms with Gasteiger partial charge in [0.05, 0.1) is 42.7 Å². The lowest BCUT2D eigenvalue weighted by molar-refractivity contribution is 0.0184. The van der Waals surface area contributed by atoms with Crippen molar-refractivity contribution in [1.82, 2.24) is 29.2 Å². The Labute approximate surface area is 230 Å². The number of fused-ring (bicyclic) bond motifs is 1. The molecule has 1 N–H and O–H groups in total. The highest BCUT2D eigenvalue weighted by molar-refractivity contribution is 6.32. The number of benzene rings is 1. The number of nitriles is 1. The van der Waals surface area contributed by atoms with Gasteiger partial charge in [0.1, 0.15) is 16.3 Å². The highest BCUT2D eigenvalue weighted by Gasteiger charge is 2.28. The van der Waals surface area contributed by atoms with Crippen LogP contribution in [-0.2, 0) is 4.74 Å². The largest absolute Gasteiger partial charge is 0.478 e. The van der Waals surface area contributed by atoms with E-state index in [1.807, 2.05) is 60.6 Å². The molecule has 1 fully saturated rings. The van der Waals surface area contributed by atoms with Crippen LogP contribution >= 0.6 is 11.6 Å². The van der Waals surface area contributed by atoms with Gasteiger partial charge < -0.3 is 19.7 Å². The topological polar surface area (TPSA) is 123 Å². The fourth-order valence-electron chi connectivity index (χ4n) is 4.60. The number of hydrogen-bond donors (Lipinski definition) is 1. The van der Waals surface area contributed by atoms with Crippen LogP contribution < -0.4 is 10.1 Å². The smallest absolute Gasteiger partial charge is 0.410 e. The number of amides is 1. The average Bonchev–Trinajstić information content (AvgIpc) is 3.53. The number of methoxy groups -OCH3 is 1. The van der Waals surface area contributed by atoms with Crippen LogP contribution in [0, 0.1) is 11.3 Å². The van der Waals surface area contributed by atoms with Crippen molar-refractivity contribution in [2.24, 2.45) is 0 Å². The van der Waals surface area contributed by atoms with Crippen molar-refractivity contribution >= 4 is 40.2 Å². The molecule has 11 nitrogen and oxygen atoms in total. The second-order valence-electron chi connectivity index (χ2n) is 10.3. The van der Waals surface area contributed by atoms with Crippen molar-refractivity contribution in [3.8, 4) is 17.8 Å². The number of aromatic nitrogens is 5. The molecule has 5 rings (SSSR count). The van der Waals surface area contributed by atoms with Crippen LogP contribution in [0.25, 0.3) is 16.7 Å². The molecule has 0 spiro atoms. The monoisotopic (exact) mass is 548 g/mol. The number of rotatable bonds is 5. The van der Waals surface area contributed by atoms with E-state index in [9.17, 15) is 10.1 Å². The van der Waals surface area contributed by atoms with E-state index in [0.717, 1.165) is 23.7 Å². The van der Waals surface area contributed by atoms with Crippen LogP contribution in [0.15, 0.2) is 42.9 Å². The number of halogens is 1. The van der Waals surface area contributed by atoms with Gasteiger partial charge in [0.25, 0.3) is 5.88 Å². The second kappa shape index (κ2) is 10.5. The minimum atomic E-state index is -0.526. The van der Waals surface area contributed by atoms with Crippen LogP contribution in [0.1, 0.15) is 45.2 Å². The summed E-state index contributed by atoms with van der Waals surface area (Å²) in [6.45, 7) is 6.74. The van der Waals surface area contributed by atoms with E-state index in [-0.39, 0.29) is 12.1 Å². The molecule has 4 heterocycles. The normalized spacial score (nSPS) is 14.3. The van der Waals surface area contributed by atoms with Gasteiger partial charge in [0.2, 0.25) is 5.95 Å². The fraction of sp³-hybridized carbons (Fsp3) is 0.370. The van der Waals surface area contributed by atoms with Crippen LogP contribution in [0.4, 0.5) is 16.4 Å². The number of likely N-dealkylation sites (tertiary alicyclic amines) is 1. The summed E-state index contributed by atoms with van der Waals surface area (Å²) in [5, 5.41) is 18.4. The van der Waals surface area contributed by atoms with Crippen molar-refractivity contribution in [3.63, 3.8) is 0 Å². The fourth-order valence-corrected chi connectivity index (χ4v) is 4.78. The minimum absolute atomic E-state index is 0.0930. The summed E-state index contributed by atoms with van der Waals surface area (Å²) in [7, 11) is 1.55. The lowest BCUT2D eigenvalue weighted by Gasteiger charge is -2.33. The molecular formula is C27H29ClN8O3. The summed E-state index contributed by atoms with van der Waals surface area (Å²) < 4.78 is 14.7. The molecule has 0 bridgehead atoms. The third kappa shape index (κ3) is 5.47. The van der Waals surface area contributed by atoms with Crippen LogP contribution in [0.5, 0.6) is 5.88 Å². The Bertz CT molecular complexity index is 1560. The summed E-state index contributed by atoms with van der Waals surface area (Å²) in [4.78, 5) is 23.1. The molecule has 1 amide bonds. The number of anilines is 2. The number of carbonyl (C=O) groups is 1. The number of carbonyl (C=O) groups excluding carboxylic acids is 1. The quantitative estimate of drug-likeness (QED) is 0.348. The van der Waals surface area contributed by atoms with Gasteiger partial charge >= 0.3 is 6.09 Å². The summed E-state index contributed by atoms with van der Waals surface area (Å²) in [5.74, 6) is 1.18. The van der Waals surface area contributed by atoms with Crippen molar-refractivity contribution in [2.75, 3.05) is 25.5 Å². The van der Waals surface area contributed by atoms with Gasteiger partial charge in [-0.25, -0.2) is 9.78 Å². The molecule has 12 heteroatoms. The van der Waals surface area contributed by atoms with Crippen LogP contribution in [0.3, 0.4) is 0 Å². The predicted molar refractivity (Wildman–Crippen MR) is 147 cm³/mol. The first-order chi connectivity index (χ1) is 18.7. The lowest BCUT2D eigenvalue weighted by Crippen LogP contribution is -2.42. The maximum absolute atomic E-state index is 12.4. The van der Waals surface area contributed by atoms with Gasteiger partial charge in [-0.3, -0.25) is 9.25 Å². The number of nitrogens with zero attached hydrogens (tertiary/aromatic N) is 7. The van der Waals surface area contributed by atoms with Gasteiger partial charge in [0, 0.05) is 24.7 Å². The van der Waals surface area contributed by atoms with E-state index in [1.54, 1.807) is 18.1 Å². The van der Waals surface area contributed by atoms with E-state index in [4.69, 9.17) is 21.1 Å². The van der Waals surface area contributed by atoms with E-state index >= 15 is 0 Å². The summed E-state index contributed by atoms with van der Waals surface area (Å²) in [6, 6.07) is 9.66. The number of nitrogens with one attached hydrogen (secondary N) is 1. The Morgan fingerprint density at radius 1 is 1.23 bits per heavy atom. The number of hydrogen-bond acceptors (Lipinski definition) is 8. The van der Waals surface area contributed by atoms with E-state index in [0.29, 0.717) is 47.0 Å². The zero-order chi connectivity index (χ0) is 27.7. The Morgan fingerprint density at radius 3 is 2.69 bits per heavy atom. The molecule has 0 saturated carbocycles. The van der Waals surface area contributed by atoms with E-state index in [1.165, 1.54) is 6.20 Å². The molecule has 0 unspecified atom stereocenters. The molecular weight excluding hydrogens is 520 g/mol. The number of piperidine rings is 1. The molecule has 0 atom stereocenters. The maximum atomic E-state index is 12.4. The highest BCUT2D eigenvalue weighted by Crippen LogP contribution is 2.32. The van der Waals surface area contributed by atoms with Crippen molar-refractivity contribution in [1.29, 1.82) is 5.26 Å². The third-order valence-corrected chi connectivity index (χ3v) is 6.70. The molecule has 0 aliphatic carbocycles. The van der Waals surface area contributed by atoms with E-state index < -0.39 is 5.60 Å². The molecule has 0 radical (unpaired) electrons. The first-order valence-corrected chi connectivity index (χ1v) is 13.0. The van der Waals surface area contributed by atoms with Crippen molar-refractivity contribution in [3.05, 3.63) is 53.4 Å². The minimum Gasteiger partial charge on any atom is -0.478 e. The van der Waals surface area contributed by atoms with Gasteiger partial charge in [-0.05, 0) is 51.8 Å². The molecule has 1 aliphatic heterocycles. The van der Waals surface area contributed by atoms with Gasteiger partial charge in [-0.15, -0.1) is 5.10 Å². The third-order valence-electron chi connectivity index (χ3n) is 6.44. The van der Waals surface area contributed by atoms with Crippen LogP contribution in [0.2, 0.25) is 5.02 Å². The molecule has 4 aromatic rings. The Hall–Kier alpha value is -4.30. The highest BCUT2D eigenvalue weighted by atomic mass is 35.5. The Balaban J connectivity index is 1.35. The molecule has 202 valence electrons. The zero-order valence-corrected chi connectivity index (χ0v) is 22.9. The Morgan fingerprint density at radius 2 is 2.00 bits per heavy atom. The zero-order valence-electron chi connectivity index (χ0n) is 22.2. The second-order valence-corrected chi connectivity index (χ2v) is 10.7. The summed E-state index contributed by atoms with van der Waals surface area (Å²) >= 11 is 6.48. The van der Waals surface area contributed by atoms with Crippen LogP contribution in [-0.4, -0.2) is 61.1 Å². The standard InChI is InChI=1S/C27H29ClN8O3/c1-27(2,3)39-26(37)34-11-8-18(9-12-34)36-16-21(24(33-36)38-4)31-25-30-15-20(28)23(32-25)35-13-10-19-17(14-29)6-5-7-22(19)35/h5-7,10,13,15-16,18H,8-9,11-12H2,1-4H3,(H,30,31,32). The average molecular weight is 549 g/mol. The van der Waals surface area contributed by atoms with Crippen molar-refractivity contribution in [2.45, 2.75) is 45.3 Å². The Kier molecular flexibility index (Phi) is 7.06. The van der Waals surface area contributed by atoms with Gasteiger partial charge in [-0.1, -0.05) is 17.7 Å².